The van der Waals surface area contributed by atoms with Crippen LogP contribution in [0.4, 0.5) is 0 Å². The van der Waals surface area contributed by atoms with Crippen LogP contribution in [0.5, 0.6) is 0 Å². The molecule has 5 heteroatoms. The summed E-state index contributed by atoms with van der Waals surface area (Å²) in [7, 11) is 0. The van der Waals surface area contributed by atoms with Crippen molar-refractivity contribution in [3.05, 3.63) is 0 Å². The van der Waals surface area contributed by atoms with Gasteiger partial charge in [0.15, 0.2) is 0 Å². The Morgan fingerprint density at radius 2 is 1.62 bits per heavy atom. The van der Waals surface area contributed by atoms with Crippen molar-refractivity contribution >= 4 is 17.7 Å². The molecule has 3 fully saturated rings. The highest BCUT2D eigenvalue weighted by Crippen LogP contribution is 2.38. The number of amides is 3. The summed E-state index contributed by atoms with van der Waals surface area (Å²) in [5.41, 5.74) is 0. The van der Waals surface area contributed by atoms with Gasteiger partial charge in [0.05, 0.1) is 11.8 Å². The molecule has 1 N–H and O–H groups in total. The number of carbonyl (C=O) groups is 3. The van der Waals surface area contributed by atoms with Gasteiger partial charge in [0.1, 0.15) is 0 Å². The first-order valence-corrected chi connectivity index (χ1v) is 9.63. The molecule has 0 unspecified atom stereocenters. The van der Waals surface area contributed by atoms with Crippen LogP contribution in [0.3, 0.4) is 0 Å². The molecule has 0 aromatic carbocycles. The smallest absolute Gasteiger partial charge is 0.233 e. The Kier molecular flexibility index (Phi) is 5.26. The lowest BCUT2D eigenvalue weighted by atomic mass is 9.78. The van der Waals surface area contributed by atoms with Crippen molar-refractivity contribution in [3.8, 4) is 0 Å². The lowest BCUT2D eigenvalue weighted by Gasteiger charge is -2.34. The standard InChI is InChI=1S/C19H30N2O3/c1-12-6-5-9-16(13(12)2)20-17(22)10-11-21-18(23)14-7-3-4-8-15(14)19(21)24/h12-16H,3-11H2,1-2H3,(H,20,22)/t12-,13+,14-,15+,16+/m0/s1. The van der Waals surface area contributed by atoms with E-state index in [-0.39, 0.29) is 48.6 Å². The molecule has 2 aliphatic carbocycles. The summed E-state index contributed by atoms with van der Waals surface area (Å²) in [5.74, 6) is 0.766. The average molecular weight is 334 g/mol. The van der Waals surface area contributed by atoms with Crippen molar-refractivity contribution in [2.45, 2.75) is 71.3 Å². The van der Waals surface area contributed by atoms with Gasteiger partial charge in [-0.3, -0.25) is 19.3 Å². The number of nitrogens with one attached hydrogen (secondary N) is 1. The van der Waals surface area contributed by atoms with E-state index in [1.807, 2.05) is 0 Å². The Bertz CT molecular complexity index is 495. The summed E-state index contributed by atoms with van der Waals surface area (Å²) in [4.78, 5) is 38.5. The molecule has 3 aliphatic rings. The summed E-state index contributed by atoms with van der Waals surface area (Å²) in [6.07, 6.45) is 7.37. The normalized spacial score (nSPS) is 36.6. The Morgan fingerprint density at radius 3 is 2.25 bits per heavy atom. The van der Waals surface area contributed by atoms with Crippen LogP contribution in [-0.2, 0) is 14.4 Å². The Balaban J connectivity index is 1.51. The summed E-state index contributed by atoms with van der Waals surface area (Å²) in [6, 6.07) is 0.230. The summed E-state index contributed by atoms with van der Waals surface area (Å²) in [5, 5.41) is 3.13. The Hall–Kier alpha value is -1.39. The molecule has 3 rings (SSSR count). The van der Waals surface area contributed by atoms with Gasteiger partial charge in [0.2, 0.25) is 17.7 Å². The number of hydrogen-bond donors (Lipinski definition) is 1. The molecule has 1 heterocycles. The number of rotatable bonds is 4. The topological polar surface area (TPSA) is 66.5 Å². The maximum atomic E-state index is 12.4. The zero-order valence-corrected chi connectivity index (χ0v) is 14.9. The third-order valence-corrected chi connectivity index (χ3v) is 6.55. The first-order chi connectivity index (χ1) is 11.5. The monoisotopic (exact) mass is 334 g/mol. The van der Waals surface area contributed by atoms with Gasteiger partial charge < -0.3 is 5.32 Å². The molecule has 0 spiro atoms. The van der Waals surface area contributed by atoms with E-state index >= 15 is 0 Å². The zero-order valence-electron chi connectivity index (χ0n) is 14.9. The predicted molar refractivity (Wildman–Crippen MR) is 90.9 cm³/mol. The number of fused-ring (bicyclic) bond motifs is 1. The van der Waals surface area contributed by atoms with E-state index in [1.165, 1.54) is 11.3 Å². The molecule has 134 valence electrons. The lowest BCUT2D eigenvalue weighted by molar-refractivity contribution is -0.140. The van der Waals surface area contributed by atoms with Crippen LogP contribution in [0.2, 0.25) is 0 Å². The fraction of sp³-hybridized carbons (Fsp3) is 0.842. The van der Waals surface area contributed by atoms with E-state index in [9.17, 15) is 14.4 Å². The fourth-order valence-electron chi connectivity index (χ4n) is 4.73. The lowest BCUT2D eigenvalue weighted by Crippen LogP contribution is -2.45. The maximum absolute atomic E-state index is 12.4. The molecule has 5 atom stereocenters. The molecule has 2 saturated carbocycles. The molecule has 5 nitrogen and oxygen atoms in total. The van der Waals surface area contributed by atoms with Crippen LogP contribution in [0.15, 0.2) is 0 Å². The molecule has 3 amide bonds. The van der Waals surface area contributed by atoms with Gasteiger partial charge >= 0.3 is 0 Å². The van der Waals surface area contributed by atoms with E-state index in [0.717, 1.165) is 38.5 Å². The van der Waals surface area contributed by atoms with Crippen LogP contribution in [0.25, 0.3) is 0 Å². The third-order valence-electron chi connectivity index (χ3n) is 6.55. The Labute approximate surface area is 144 Å². The van der Waals surface area contributed by atoms with Crippen LogP contribution < -0.4 is 5.32 Å². The molecule has 0 bridgehead atoms. The first kappa shape index (κ1) is 17.4. The van der Waals surface area contributed by atoms with Crippen LogP contribution in [-0.4, -0.2) is 35.2 Å². The number of hydrogen-bond acceptors (Lipinski definition) is 3. The largest absolute Gasteiger partial charge is 0.353 e. The highest BCUT2D eigenvalue weighted by Gasteiger charge is 2.47. The molecule has 0 aromatic rings. The van der Waals surface area contributed by atoms with Crippen LogP contribution in [0, 0.1) is 23.7 Å². The van der Waals surface area contributed by atoms with Crippen molar-refractivity contribution in [3.63, 3.8) is 0 Å². The Morgan fingerprint density at radius 1 is 1.00 bits per heavy atom. The van der Waals surface area contributed by atoms with E-state index in [4.69, 9.17) is 0 Å². The fourth-order valence-corrected chi connectivity index (χ4v) is 4.73. The van der Waals surface area contributed by atoms with E-state index in [0.29, 0.717) is 11.8 Å². The zero-order chi connectivity index (χ0) is 17.3. The van der Waals surface area contributed by atoms with Gasteiger partial charge in [0.25, 0.3) is 0 Å². The van der Waals surface area contributed by atoms with Gasteiger partial charge in [-0.25, -0.2) is 0 Å². The number of nitrogens with zero attached hydrogens (tertiary/aromatic N) is 1. The van der Waals surface area contributed by atoms with E-state index in [2.05, 4.69) is 19.2 Å². The first-order valence-electron chi connectivity index (χ1n) is 9.63. The number of carbonyl (C=O) groups excluding carboxylic acids is 3. The molecular weight excluding hydrogens is 304 g/mol. The van der Waals surface area contributed by atoms with Crippen LogP contribution in [0.1, 0.15) is 65.2 Å². The summed E-state index contributed by atoms with van der Waals surface area (Å²) < 4.78 is 0. The van der Waals surface area contributed by atoms with Crippen molar-refractivity contribution in [1.82, 2.24) is 10.2 Å². The second-order valence-corrected chi connectivity index (χ2v) is 8.02. The highest BCUT2D eigenvalue weighted by molar-refractivity contribution is 6.05. The molecule has 0 radical (unpaired) electrons. The van der Waals surface area contributed by atoms with Gasteiger partial charge in [0, 0.05) is 19.0 Å². The molecule has 1 aliphatic heterocycles. The molecule has 24 heavy (non-hydrogen) atoms. The maximum Gasteiger partial charge on any atom is 0.233 e. The highest BCUT2D eigenvalue weighted by atomic mass is 16.2. The summed E-state index contributed by atoms with van der Waals surface area (Å²) in [6.45, 7) is 4.69. The second-order valence-electron chi connectivity index (χ2n) is 8.02. The van der Waals surface area contributed by atoms with Crippen LogP contribution >= 0.6 is 0 Å². The van der Waals surface area contributed by atoms with Gasteiger partial charge in [-0.2, -0.15) is 0 Å². The third kappa shape index (κ3) is 3.35. The van der Waals surface area contributed by atoms with Gasteiger partial charge in [-0.1, -0.05) is 39.5 Å². The predicted octanol–water partition coefficient (Wildman–Crippen LogP) is 2.49. The van der Waals surface area contributed by atoms with Crippen molar-refractivity contribution in [2.24, 2.45) is 23.7 Å². The van der Waals surface area contributed by atoms with Crippen molar-refractivity contribution in [2.75, 3.05) is 6.54 Å². The number of imide groups is 1. The quantitative estimate of drug-likeness (QED) is 0.803. The van der Waals surface area contributed by atoms with Crippen molar-refractivity contribution in [1.29, 1.82) is 0 Å². The minimum Gasteiger partial charge on any atom is -0.353 e. The van der Waals surface area contributed by atoms with Gasteiger partial charge in [-0.15, -0.1) is 0 Å². The second kappa shape index (κ2) is 7.24. The number of likely N-dealkylation sites (tertiary alicyclic amines) is 1. The average Bonchev–Trinajstić information content (AvgIpc) is 2.82. The molecule has 1 saturated heterocycles. The van der Waals surface area contributed by atoms with E-state index in [1.54, 1.807) is 0 Å². The molecule has 0 aromatic heterocycles. The SMILES string of the molecule is C[C@@H]1[C@@H](C)CCC[C@H]1NC(=O)CCN1C(=O)[C@H]2CCCC[C@H]2C1=O. The summed E-state index contributed by atoms with van der Waals surface area (Å²) >= 11 is 0. The van der Waals surface area contributed by atoms with Crippen molar-refractivity contribution < 1.29 is 14.4 Å². The minimum atomic E-state index is -0.117. The van der Waals surface area contributed by atoms with E-state index < -0.39 is 0 Å². The molecular formula is C19H30N2O3. The minimum absolute atomic E-state index is 0.0311. The van der Waals surface area contributed by atoms with Gasteiger partial charge in [-0.05, 0) is 31.1 Å².